The van der Waals surface area contributed by atoms with Crippen LogP contribution in [-0.4, -0.2) is 11.7 Å². The monoisotopic (exact) mass is 478 g/mol. The molecule has 1 nitrogen and oxygen atoms in total. The lowest BCUT2D eigenvalue weighted by Gasteiger charge is -2.23. The van der Waals surface area contributed by atoms with E-state index in [0.29, 0.717) is 0 Å². The van der Waals surface area contributed by atoms with Crippen molar-refractivity contribution >= 4 is 39.2 Å². The molecule has 0 saturated carbocycles. The summed E-state index contributed by atoms with van der Waals surface area (Å²) in [6.45, 7) is 2.28. The third kappa shape index (κ3) is 15.5. The summed E-state index contributed by atoms with van der Waals surface area (Å²) < 4.78 is 5.96. The Kier molecular flexibility index (Phi) is 16.6. The summed E-state index contributed by atoms with van der Waals surface area (Å²) in [5, 5.41) is 0. The third-order valence-corrected chi connectivity index (χ3v) is 8.78. The van der Waals surface area contributed by atoms with Crippen molar-refractivity contribution in [3.8, 4) is 5.75 Å². The van der Waals surface area contributed by atoms with E-state index >= 15 is 0 Å². The maximum atomic E-state index is 6.26. The van der Waals surface area contributed by atoms with E-state index < -0.39 is 6.00 Å². The lowest BCUT2D eigenvalue weighted by molar-refractivity contribution is 0.260. The number of hydrogen-bond acceptors (Lipinski definition) is 1. The minimum absolute atomic E-state index is 0.267. The molecule has 0 heterocycles. The highest BCUT2D eigenvalue weighted by molar-refractivity contribution is 7.65. The zero-order valence-corrected chi connectivity index (χ0v) is 21.6. The van der Waals surface area contributed by atoms with Gasteiger partial charge in [0, 0.05) is 0 Å². The highest BCUT2D eigenvalue weighted by atomic mass is 35.8. The van der Waals surface area contributed by atoms with E-state index in [2.05, 4.69) is 6.92 Å². The average molecular weight is 480 g/mol. The molecule has 0 spiro atoms. The average Bonchev–Trinajstić information content (AvgIpc) is 2.70. The predicted octanol–water partition coefficient (Wildman–Crippen LogP) is 9.89. The Bertz CT molecular complexity index is 479. The normalized spacial score (nSPS) is 12.8. The maximum absolute atomic E-state index is 6.26. The molecule has 0 aliphatic heterocycles. The van der Waals surface area contributed by atoms with Crippen molar-refractivity contribution in [1.82, 2.24) is 0 Å². The first kappa shape index (κ1) is 27.1. The Morgan fingerprint density at radius 2 is 1.07 bits per heavy atom. The van der Waals surface area contributed by atoms with Gasteiger partial charge in [0.15, 0.2) is 0 Å². The van der Waals surface area contributed by atoms with Crippen LogP contribution in [0.4, 0.5) is 0 Å². The largest absolute Gasteiger partial charge is 0.490 e. The van der Waals surface area contributed by atoms with Gasteiger partial charge in [0.25, 0.3) is 0 Å². The molecule has 168 valence electrons. The minimum atomic E-state index is -2.88. The van der Waals surface area contributed by atoms with E-state index in [1.165, 1.54) is 89.9 Å². The molecule has 1 atom stereocenters. The van der Waals surface area contributed by atoms with Gasteiger partial charge in [-0.05, 0) is 25.0 Å². The molecule has 0 radical (unpaired) electrons. The van der Waals surface area contributed by atoms with Gasteiger partial charge >= 0.3 is 6.00 Å². The minimum Gasteiger partial charge on any atom is -0.490 e. The van der Waals surface area contributed by atoms with Crippen molar-refractivity contribution in [3.63, 3.8) is 0 Å². The fraction of sp³-hybridized carbons (Fsp3) is 0.750. The first-order chi connectivity index (χ1) is 14.0. The SMILES string of the molecule is CCCCCCCCCCCCCCCCCC(Oc1ccccc1)[Si](Cl)(Cl)Cl. The highest BCUT2D eigenvalue weighted by Crippen LogP contribution is 2.31. The molecule has 0 aliphatic rings. The molecule has 1 rings (SSSR count). The summed E-state index contributed by atoms with van der Waals surface area (Å²) in [6, 6.07) is 6.81. The zero-order valence-electron chi connectivity index (χ0n) is 18.3. The summed E-state index contributed by atoms with van der Waals surface area (Å²) in [6.07, 6.45) is 21.2. The van der Waals surface area contributed by atoms with Crippen LogP contribution in [0.3, 0.4) is 0 Å². The van der Waals surface area contributed by atoms with Gasteiger partial charge in [0.1, 0.15) is 11.5 Å². The van der Waals surface area contributed by atoms with Crippen LogP contribution in [0.15, 0.2) is 30.3 Å². The summed E-state index contributed by atoms with van der Waals surface area (Å²) in [5.74, 6) is 0.789. The van der Waals surface area contributed by atoms with Crippen LogP contribution in [0.5, 0.6) is 5.75 Å². The van der Waals surface area contributed by atoms with Crippen LogP contribution >= 0.6 is 33.2 Å². The topological polar surface area (TPSA) is 9.23 Å². The molecule has 0 amide bonds. The Hall–Kier alpha value is 0.107. The van der Waals surface area contributed by atoms with Gasteiger partial charge in [-0.2, -0.15) is 0 Å². The van der Waals surface area contributed by atoms with Crippen LogP contribution in [0.25, 0.3) is 0 Å². The van der Waals surface area contributed by atoms with Crippen molar-refractivity contribution in [2.75, 3.05) is 0 Å². The first-order valence-electron chi connectivity index (χ1n) is 11.8. The second kappa shape index (κ2) is 17.8. The summed E-state index contributed by atoms with van der Waals surface area (Å²) >= 11 is 18.8. The quantitative estimate of drug-likeness (QED) is 0.109. The van der Waals surface area contributed by atoms with Crippen LogP contribution in [0.1, 0.15) is 110 Å². The van der Waals surface area contributed by atoms with Crippen molar-refractivity contribution < 1.29 is 4.74 Å². The Morgan fingerprint density at radius 1 is 0.655 bits per heavy atom. The van der Waals surface area contributed by atoms with E-state index in [-0.39, 0.29) is 5.73 Å². The first-order valence-corrected chi connectivity index (χ1v) is 16.9. The molecule has 0 saturated heterocycles. The standard InChI is InChI=1S/C24H41Cl3OSi/c1-2-3-4-5-6-7-8-9-10-11-12-13-14-15-19-22-24(29(25,26)27)28-23-20-17-16-18-21-23/h16-18,20-21,24H,2-15,19,22H2,1H3. The molecule has 0 aromatic heterocycles. The molecule has 1 aromatic rings. The number of para-hydroxylation sites is 1. The molecule has 0 fully saturated rings. The van der Waals surface area contributed by atoms with Crippen molar-refractivity contribution in [3.05, 3.63) is 30.3 Å². The fourth-order valence-corrected chi connectivity index (χ4v) is 5.84. The smallest absolute Gasteiger partial charge is 0.381 e. The molecule has 29 heavy (non-hydrogen) atoms. The molecule has 1 unspecified atom stereocenters. The Balaban J connectivity index is 1.97. The van der Waals surface area contributed by atoms with Gasteiger partial charge in [0.2, 0.25) is 0 Å². The highest BCUT2D eigenvalue weighted by Gasteiger charge is 2.38. The second-order valence-electron chi connectivity index (χ2n) is 8.20. The van der Waals surface area contributed by atoms with E-state index in [9.17, 15) is 0 Å². The second-order valence-corrected chi connectivity index (χ2v) is 17.0. The van der Waals surface area contributed by atoms with Gasteiger partial charge < -0.3 is 4.74 Å². The fourth-order valence-electron chi connectivity index (χ4n) is 3.65. The number of unbranched alkanes of at least 4 members (excludes halogenated alkanes) is 14. The summed E-state index contributed by atoms with van der Waals surface area (Å²) in [5.41, 5.74) is -0.267. The number of rotatable bonds is 19. The number of benzene rings is 1. The van der Waals surface area contributed by atoms with Crippen LogP contribution in [0.2, 0.25) is 0 Å². The van der Waals surface area contributed by atoms with Crippen molar-refractivity contribution in [2.45, 2.75) is 115 Å². The van der Waals surface area contributed by atoms with Crippen molar-refractivity contribution in [2.24, 2.45) is 0 Å². The molecule has 5 heteroatoms. The summed E-state index contributed by atoms with van der Waals surface area (Å²) in [4.78, 5) is 0. The lowest BCUT2D eigenvalue weighted by atomic mass is 10.0. The van der Waals surface area contributed by atoms with Crippen LogP contribution in [-0.2, 0) is 0 Å². The van der Waals surface area contributed by atoms with Crippen molar-refractivity contribution in [1.29, 1.82) is 0 Å². The Morgan fingerprint density at radius 3 is 1.48 bits per heavy atom. The van der Waals surface area contributed by atoms with E-state index in [4.69, 9.17) is 38.0 Å². The zero-order chi connectivity index (χ0) is 21.2. The number of ether oxygens (including phenoxy) is 1. The lowest BCUT2D eigenvalue weighted by Crippen LogP contribution is -2.36. The number of hydrogen-bond donors (Lipinski definition) is 0. The van der Waals surface area contributed by atoms with Gasteiger partial charge in [-0.15, -0.1) is 33.2 Å². The Labute approximate surface area is 195 Å². The third-order valence-electron chi connectivity index (χ3n) is 5.46. The molecule has 0 bridgehead atoms. The predicted molar refractivity (Wildman–Crippen MR) is 134 cm³/mol. The van der Waals surface area contributed by atoms with Gasteiger partial charge in [-0.1, -0.05) is 115 Å². The summed E-state index contributed by atoms with van der Waals surface area (Å²) in [7, 11) is 0. The molecular formula is C24H41Cl3OSi. The van der Waals surface area contributed by atoms with Crippen LogP contribution in [0, 0.1) is 0 Å². The molecule has 0 aliphatic carbocycles. The van der Waals surface area contributed by atoms with Gasteiger partial charge in [-0.25, -0.2) is 0 Å². The van der Waals surface area contributed by atoms with E-state index in [0.717, 1.165) is 18.6 Å². The molecule has 0 N–H and O–H groups in total. The molecule has 1 aromatic carbocycles. The van der Waals surface area contributed by atoms with E-state index in [1.54, 1.807) is 0 Å². The molecular weight excluding hydrogens is 439 g/mol. The maximum Gasteiger partial charge on any atom is 0.381 e. The number of halogens is 3. The van der Waals surface area contributed by atoms with E-state index in [1.807, 2.05) is 30.3 Å². The van der Waals surface area contributed by atoms with Gasteiger partial charge in [-0.3, -0.25) is 0 Å². The van der Waals surface area contributed by atoms with Gasteiger partial charge in [0.05, 0.1) is 0 Å². The van der Waals surface area contributed by atoms with Crippen LogP contribution < -0.4 is 4.74 Å².